The summed E-state index contributed by atoms with van der Waals surface area (Å²) in [7, 11) is 5.89. The molecule has 3 amide bonds. The highest BCUT2D eigenvalue weighted by molar-refractivity contribution is 6.19. The number of hydrazone groups is 1. The number of hydrogen-bond donors (Lipinski definition) is 3. The smallest absolute Gasteiger partial charge is 0.245 e. The van der Waals surface area contributed by atoms with Crippen molar-refractivity contribution in [1.82, 2.24) is 20.5 Å². The van der Waals surface area contributed by atoms with Gasteiger partial charge in [0.05, 0.1) is 24.1 Å². The third-order valence-corrected chi connectivity index (χ3v) is 6.10. The van der Waals surface area contributed by atoms with Crippen LogP contribution in [0.4, 0.5) is 5.69 Å². The van der Waals surface area contributed by atoms with E-state index < -0.39 is 17.3 Å². The molecular weight excluding hydrogens is 408 g/mol. The molecule has 0 spiro atoms. The van der Waals surface area contributed by atoms with Gasteiger partial charge in [-0.25, -0.2) is 5.43 Å². The molecule has 9 nitrogen and oxygen atoms in total. The van der Waals surface area contributed by atoms with Gasteiger partial charge in [-0.1, -0.05) is 25.1 Å². The molecule has 174 valence electrons. The first kappa shape index (κ1) is 23.9. The van der Waals surface area contributed by atoms with Crippen LogP contribution in [-0.2, 0) is 14.4 Å². The maximum Gasteiger partial charge on any atom is 0.245 e. The Labute approximate surface area is 189 Å². The highest BCUT2D eigenvalue weighted by Crippen LogP contribution is 2.62. The number of carbonyl (C=O) groups excluding carboxylic acids is 3. The van der Waals surface area contributed by atoms with Crippen molar-refractivity contribution in [3.05, 3.63) is 29.8 Å². The van der Waals surface area contributed by atoms with Gasteiger partial charge in [-0.15, -0.1) is 0 Å². The molecule has 1 aliphatic heterocycles. The molecule has 1 aromatic carbocycles. The molecule has 1 aliphatic carbocycles. The average Bonchev–Trinajstić information content (AvgIpc) is 3.35. The summed E-state index contributed by atoms with van der Waals surface area (Å²) in [5, 5.41) is 10.2. The van der Waals surface area contributed by atoms with Crippen molar-refractivity contribution in [2.24, 2.45) is 22.4 Å². The minimum Gasteiger partial charge on any atom is -0.354 e. The Kier molecular flexibility index (Phi) is 7.00. The molecule has 0 aromatic heterocycles. The third-order valence-electron chi connectivity index (χ3n) is 6.10. The number of fused-ring (bicyclic) bond motifs is 1. The molecule has 0 bridgehead atoms. The standard InChI is InChI=1S/C23H34N6O3/c1-14(2)24-21(31)18-19-22(32)27-26-20(23(18,19)3)15-9-7-8-10-16(15)25-17(30)13-29(6)12-11-28(4)5/h7-10,14,18-19H,11-13H2,1-6H3,(H,24,31)(H,25,30)(H,27,32)/t18-,19+,23+/m0/s1. The van der Waals surface area contributed by atoms with Crippen molar-refractivity contribution < 1.29 is 14.4 Å². The van der Waals surface area contributed by atoms with Crippen LogP contribution in [0, 0.1) is 17.3 Å². The minimum absolute atomic E-state index is 0.0201. The number of anilines is 1. The lowest BCUT2D eigenvalue weighted by molar-refractivity contribution is -0.127. The molecule has 9 heteroatoms. The Balaban J connectivity index is 1.80. The van der Waals surface area contributed by atoms with E-state index in [9.17, 15) is 14.4 Å². The molecule has 0 radical (unpaired) electrons. The highest BCUT2D eigenvalue weighted by Gasteiger charge is 2.72. The number of para-hydroxylation sites is 1. The van der Waals surface area contributed by atoms with E-state index in [0.717, 1.165) is 13.1 Å². The Morgan fingerprint density at radius 1 is 1.19 bits per heavy atom. The summed E-state index contributed by atoms with van der Waals surface area (Å²) in [5.41, 5.74) is 3.79. The van der Waals surface area contributed by atoms with E-state index in [2.05, 4.69) is 26.1 Å². The van der Waals surface area contributed by atoms with Gasteiger partial charge in [0, 0.05) is 35.8 Å². The lowest BCUT2D eigenvalue weighted by atomic mass is 9.89. The van der Waals surface area contributed by atoms with Crippen LogP contribution < -0.4 is 16.1 Å². The monoisotopic (exact) mass is 442 g/mol. The van der Waals surface area contributed by atoms with Crippen LogP contribution in [0.1, 0.15) is 26.3 Å². The Hall–Kier alpha value is -2.78. The van der Waals surface area contributed by atoms with E-state index in [1.165, 1.54) is 0 Å². The van der Waals surface area contributed by atoms with Gasteiger partial charge in [-0.05, 0) is 41.1 Å². The van der Waals surface area contributed by atoms with Crippen molar-refractivity contribution >= 4 is 29.1 Å². The number of rotatable bonds is 9. The van der Waals surface area contributed by atoms with Gasteiger partial charge in [0.2, 0.25) is 17.7 Å². The van der Waals surface area contributed by atoms with Gasteiger partial charge < -0.3 is 15.5 Å². The second kappa shape index (κ2) is 9.38. The van der Waals surface area contributed by atoms with Crippen LogP contribution in [0.3, 0.4) is 0 Å². The molecular formula is C23H34N6O3. The second-order valence-electron chi connectivity index (χ2n) is 9.47. The zero-order chi connectivity index (χ0) is 23.6. The highest BCUT2D eigenvalue weighted by atomic mass is 16.2. The number of nitrogens with one attached hydrogen (secondary N) is 3. The van der Waals surface area contributed by atoms with E-state index in [0.29, 0.717) is 17.0 Å². The zero-order valence-electron chi connectivity index (χ0n) is 19.7. The van der Waals surface area contributed by atoms with Crippen molar-refractivity contribution in [3.63, 3.8) is 0 Å². The summed E-state index contributed by atoms with van der Waals surface area (Å²) in [6.07, 6.45) is 0. The fourth-order valence-electron chi connectivity index (χ4n) is 4.36. The van der Waals surface area contributed by atoms with Crippen molar-refractivity contribution in [3.8, 4) is 0 Å². The molecule has 3 N–H and O–H groups in total. The van der Waals surface area contributed by atoms with Crippen LogP contribution in [0.5, 0.6) is 0 Å². The Morgan fingerprint density at radius 3 is 2.53 bits per heavy atom. The molecule has 1 fully saturated rings. The quantitative estimate of drug-likeness (QED) is 0.523. The summed E-state index contributed by atoms with van der Waals surface area (Å²) in [4.78, 5) is 41.9. The fraction of sp³-hybridized carbons (Fsp3) is 0.565. The number of amides is 3. The molecule has 0 saturated heterocycles. The second-order valence-corrected chi connectivity index (χ2v) is 9.47. The van der Waals surface area contributed by atoms with E-state index in [1.54, 1.807) is 0 Å². The molecule has 1 heterocycles. The SMILES string of the molecule is CC(C)NC(=O)[C@@H]1[C@@H]2C(=O)NN=C(c3ccccc3NC(=O)CN(C)CCN(C)C)[C@]12C. The molecule has 2 aliphatic rings. The first-order chi connectivity index (χ1) is 15.1. The van der Waals surface area contributed by atoms with Gasteiger partial charge in [0.25, 0.3) is 0 Å². The lowest BCUT2D eigenvalue weighted by Crippen LogP contribution is -2.36. The number of nitrogens with zero attached hydrogens (tertiary/aromatic N) is 3. The Bertz CT molecular complexity index is 928. The molecule has 3 rings (SSSR count). The average molecular weight is 443 g/mol. The van der Waals surface area contributed by atoms with Gasteiger partial charge >= 0.3 is 0 Å². The summed E-state index contributed by atoms with van der Waals surface area (Å²) in [6, 6.07) is 7.35. The topological polar surface area (TPSA) is 106 Å². The maximum absolute atomic E-state index is 12.8. The van der Waals surface area contributed by atoms with Gasteiger partial charge in [0.15, 0.2) is 0 Å². The largest absolute Gasteiger partial charge is 0.354 e. The molecule has 32 heavy (non-hydrogen) atoms. The van der Waals surface area contributed by atoms with Crippen LogP contribution in [-0.4, -0.2) is 80.1 Å². The number of hydrogen-bond acceptors (Lipinski definition) is 6. The van der Waals surface area contributed by atoms with E-state index >= 15 is 0 Å². The summed E-state index contributed by atoms with van der Waals surface area (Å²) in [6.45, 7) is 7.56. The van der Waals surface area contributed by atoms with Crippen molar-refractivity contribution in [2.75, 3.05) is 46.1 Å². The maximum atomic E-state index is 12.8. The van der Waals surface area contributed by atoms with E-state index in [1.807, 2.05) is 71.1 Å². The number of likely N-dealkylation sites (N-methyl/N-ethyl adjacent to an activating group) is 2. The molecule has 1 aromatic rings. The first-order valence-electron chi connectivity index (χ1n) is 11.0. The van der Waals surface area contributed by atoms with E-state index in [-0.39, 0.29) is 30.3 Å². The van der Waals surface area contributed by atoms with Crippen LogP contribution in [0.25, 0.3) is 0 Å². The predicted octanol–water partition coefficient (Wildman–Crippen LogP) is 0.729. The minimum atomic E-state index is -0.718. The predicted molar refractivity (Wildman–Crippen MR) is 124 cm³/mol. The normalized spacial score (nSPS) is 24.2. The molecule has 0 unspecified atom stereocenters. The first-order valence-corrected chi connectivity index (χ1v) is 11.0. The van der Waals surface area contributed by atoms with Crippen LogP contribution >= 0.6 is 0 Å². The van der Waals surface area contributed by atoms with Crippen molar-refractivity contribution in [1.29, 1.82) is 0 Å². The summed E-state index contributed by atoms with van der Waals surface area (Å²) >= 11 is 0. The summed E-state index contributed by atoms with van der Waals surface area (Å²) < 4.78 is 0. The molecule has 3 atom stereocenters. The van der Waals surface area contributed by atoms with Gasteiger partial charge in [0.1, 0.15) is 0 Å². The fourth-order valence-corrected chi connectivity index (χ4v) is 4.36. The van der Waals surface area contributed by atoms with Crippen LogP contribution in [0.2, 0.25) is 0 Å². The number of carbonyl (C=O) groups is 3. The van der Waals surface area contributed by atoms with Crippen molar-refractivity contribution in [2.45, 2.75) is 26.8 Å². The zero-order valence-corrected chi connectivity index (χ0v) is 19.7. The van der Waals surface area contributed by atoms with E-state index in [4.69, 9.17) is 0 Å². The Morgan fingerprint density at radius 2 is 1.88 bits per heavy atom. The third kappa shape index (κ3) is 4.83. The number of benzene rings is 1. The summed E-state index contributed by atoms with van der Waals surface area (Å²) in [5.74, 6) is -1.50. The van der Waals surface area contributed by atoms with Gasteiger partial charge in [-0.2, -0.15) is 5.10 Å². The van der Waals surface area contributed by atoms with Gasteiger partial charge in [-0.3, -0.25) is 19.3 Å². The molecule has 1 saturated carbocycles. The van der Waals surface area contributed by atoms with Crippen LogP contribution in [0.15, 0.2) is 29.4 Å². The lowest BCUT2D eigenvalue weighted by Gasteiger charge is -2.23.